The van der Waals surface area contributed by atoms with Gasteiger partial charge >= 0.3 is 0 Å². The van der Waals surface area contributed by atoms with E-state index in [2.05, 4.69) is 4.98 Å². The number of pyridine rings is 1. The van der Waals surface area contributed by atoms with Crippen molar-refractivity contribution in [3.63, 3.8) is 0 Å². The largest absolute Gasteiger partial charge is 0.298 e. The van der Waals surface area contributed by atoms with Crippen molar-refractivity contribution in [3.05, 3.63) is 29.3 Å². The molecule has 0 spiro atoms. The van der Waals surface area contributed by atoms with Gasteiger partial charge in [0.05, 0.1) is 10.2 Å². The second-order valence-corrected chi connectivity index (χ2v) is 3.14. The van der Waals surface area contributed by atoms with Crippen LogP contribution in [0.4, 0.5) is 0 Å². The maximum absolute atomic E-state index is 10.3. The highest BCUT2D eigenvalue weighted by molar-refractivity contribution is 7.17. The zero-order valence-corrected chi connectivity index (χ0v) is 6.47. The van der Waals surface area contributed by atoms with E-state index in [9.17, 15) is 4.79 Å². The van der Waals surface area contributed by atoms with Crippen molar-refractivity contribution < 1.29 is 4.79 Å². The van der Waals surface area contributed by atoms with Crippen LogP contribution in [-0.2, 0) is 0 Å². The van der Waals surface area contributed by atoms with Gasteiger partial charge in [0.1, 0.15) is 0 Å². The van der Waals surface area contributed by atoms with Crippen LogP contribution in [0.3, 0.4) is 0 Å². The number of aromatic nitrogens is 1. The van der Waals surface area contributed by atoms with E-state index in [1.807, 2.05) is 17.5 Å². The Morgan fingerprint density at radius 1 is 1.55 bits per heavy atom. The van der Waals surface area contributed by atoms with Gasteiger partial charge in [-0.25, -0.2) is 0 Å². The first-order chi connectivity index (χ1) is 5.40. The molecule has 0 amide bonds. The fourth-order valence-electron chi connectivity index (χ4n) is 0.926. The average molecular weight is 163 g/mol. The summed E-state index contributed by atoms with van der Waals surface area (Å²) in [7, 11) is 0. The molecule has 2 heterocycles. The molecule has 0 aliphatic heterocycles. The highest BCUT2D eigenvalue weighted by Crippen LogP contribution is 2.18. The molecular formula is C8H5NOS. The molecule has 54 valence electrons. The Bertz CT molecular complexity index is 394. The van der Waals surface area contributed by atoms with Crippen molar-refractivity contribution in [2.24, 2.45) is 0 Å². The van der Waals surface area contributed by atoms with Crippen molar-refractivity contribution in [2.45, 2.75) is 0 Å². The van der Waals surface area contributed by atoms with Crippen LogP contribution < -0.4 is 0 Å². The molecule has 0 aliphatic carbocycles. The number of thiophene rings is 1. The summed E-state index contributed by atoms with van der Waals surface area (Å²) in [6, 6.07) is 3.79. The Morgan fingerprint density at radius 3 is 3.27 bits per heavy atom. The lowest BCUT2D eigenvalue weighted by atomic mass is 10.3. The van der Waals surface area contributed by atoms with Crippen molar-refractivity contribution in [2.75, 3.05) is 0 Å². The first-order valence-electron chi connectivity index (χ1n) is 3.18. The predicted molar refractivity (Wildman–Crippen MR) is 45.0 cm³/mol. The molecule has 2 nitrogen and oxygen atoms in total. The van der Waals surface area contributed by atoms with Crippen LogP contribution in [0.5, 0.6) is 0 Å². The van der Waals surface area contributed by atoms with Crippen LogP contribution in [0, 0.1) is 0 Å². The molecule has 0 unspecified atom stereocenters. The number of carbonyl (C=O) groups excluding carboxylic acids is 1. The SMILES string of the molecule is O=Cc1cnc2ccsc2c1. The number of carbonyl (C=O) groups is 1. The molecule has 2 aromatic heterocycles. The van der Waals surface area contributed by atoms with E-state index in [1.54, 1.807) is 17.5 Å². The fourth-order valence-corrected chi connectivity index (χ4v) is 1.72. The minimum Gasteiger partial charge on any atom is -0.298 e. The van der Waals surface area contributed by atoms with E-state index in [0.717, 1.165) is 16.5 Å². The number of aldehydes is 1. The lowest BCUT2D eigenvalue weighted by Gasteiger charge is -1.88. The molecule has 0 aromatic carbocycles. The third-order valence-corrected chi connectivity index (χ3v) is 2.31. The minimum absolute atomic E-state index is 0.639. The van der Waals surface area contributed by atoms with Gasteiger partial charge in [0.15, 0.2) is 6.29 Å². The second kappa shape index (κ2) is 2.43. The van der Waals surface area contributed by atoms with Crippen molar-refractivity contribution in [3.8, 4) is 0 Å². The normalized spacial score (nSPS) is 10.2. The van der Waals surface area contributed by atoms with Crippen LogP contribution >= 0.6 is 11.3 Å². The van der Waals surface area contributed by atoms with Crippen LogP contribution in [0.1, 0.15) is 10.4 Å². The summed E-state index contributed by atoms with van der Waals surface area (Å²) in [6.07, 6.45) is 2.40. The molecule has 11 heavy (non-hydrogen) atoms. The van der Waals surface area contributed by atoms with Gasteiger partial charge in [-0.3, -0.25) is 9.78 Å². The predicted octanol–water partition coefficient (Wildman–Crippen LogP) is 2.11. The molecule has 0 fully saturated rings. The smallest absolute Gasteiger partial charge is 0.151 e. The Balaban J connectivity index is 2.76. The minimum atomic E-state index is 0.639. The third-order valence-electron chi connectivity index (χ3n) is 1.46. The molecule has 2 rings (SSSR count). The summed E-state index contributed by atoms with van der Waals surface area (Å²) in [5.41, 5.74) is 1.60. The Kier molecular flexibility index (Phi) is 1.43. The zero-order valence-electron chi connectivity index (χ0n) is 5.65. The number of nitrogens with zero attached hydrogens (tertiary/aromatic N) is 1. The van der Waals surface area contributed by atoms with E-state index in [4.69, 9.17) is 0 Å². The van der Waals surface area contributed by atoms with Gasteiger partial charge in [0, 0.05) is 11.8 Å². The van der Waals surface area contributed by atoms with Crippen LogP contribution in [0.15, 0.2) is 23.7 Å². The number of fused-ring (bicyclic) bond motifs is 1. The molecular weight excluding hydrogens is 158 g/mol. The number of hydrogen-bond acceptors (Lipinski definition) is 3. The first kappa shape index (κ1) is 6.49. The van der Waals surface area contributed by atoms with E-state index in [1.165, 1.54) is 0 Å². The van der Waals surface area contributed by atoms with Gasteiger partial charge in [0.25, 0.3) is 0 Å². The van der Waals surface area contributed by atoms with Gasteiger partial charge in [-0.2, -0.15) is 0 Å². The van der Waals surface area contributed by atoms with Gasteiger partial charge in [0.2, 0.25) is 0 Å². The van der Waals surface area contributed by atoms with Crippen LogP contribution in [0.2, 0.25) is 0 Å². The second-order valence-electron chi connectivity index (χ2n) is 2.19. The molecule has 0 radical (unpaired) electrons. The summed E-state index contributed by atoms with van der Waals surface area (Å²) < 4.78 is 1.06. The Labute approximate surface area is 67.5 Å². The number of rotatable bonds is 1. The van der Waals surface area contributed by atoms with Crippen molar-refractivity contribution in [1.82, 2.24) is 4.98 Å². The summed E-state index contributed by atoms with van der Waals surface area (Å²) in [5, 5.41) is 1.96. The van der Waals surface area contributed by atoms with Gasteiger partial charge in [-0.1, -0.05) is 0 Å². The fraction of sp³-hybridized carbons (Fsp3) is 0. The van der Waals surface area contributed by atoms with E-state index in [0.29, 0.717) is 5.56 Å². The Morgan fingerprint density at radius 2 is 2.45 bits per heavy atom. The van der Waals surface area contributed by atoms with E-state index >= 15 is 0 Å². The van der Waals surface area contributed by atoms with Gasteiger partial charge in [-0.15, -0.1) is 11.3 Å². The van der Waals surface area contributed by atoms with Crippen molar-refractivity contribution >= 4 is 27.8 Å². The monoisotopic (exact) mass is 163 g/mol. The molecule has 0 aliphatic rings. The maximum Gasteiger partial charge on any atom is 0.151 e. The lowest BCUT2D eigenvalue weighted by molar-refractivity contribution is 0.112. The molecule has 3 heteroatoms. The summed E-state index contributed by atoms with van der Waals surface area (Å²) >= 11 is 1.60. The molecule has 0 saturated heterocycles. The molecule has 0 saturated carbocycles. The highest BCUT2D eigenvalue weighted by Gasteiger charge is 1.96. The molecule has 0 atom stereocenters. The standard InChI is InChI=1S/C8H5NOS/c10-5-6-3-8-7(9-4-6)1-2-11-8/h1-5H. The summed E-state index contributed by atoms with van der Waals surface area (Å²) in [6.45, 7) is 0. The van der Waals surface area contributed by atoms with Crippen LogP contribution in [0.25, 0.3) is 10.2 Å². The zero-order chi connectivity index (χ0) is 7.68. The third kappa shape index (κ3) is 1.03. The quantitative estimate of drug-likeness (QED) is 0.602. The van der Waals surface area contributed by atoms with Crippen molar-refractivity contribution in [1.29, 1.82) is 0 Å². The summed E-state index contributed by atoms with van der Waals surface area (Å²) in [4.78, 5) is 14.4. The van der Waals surface area contributed by atoms with Gasteiger partial charge < -0.3 is 0 Å². The number of hydrogen-bond donors (Lipinski definition) is 0. The highest BCUT2D eigenvalue weighted by atomic mass is 32.1. The molecule has 2 aromatic rings. The topological polar surface area (TPSA) is 30.0 Å². The molecule has 0 bridgehead atoms. The van der Waals surface area contributed by atoms with Gasteiger partial charge in [-0.05, 0) is 17.5 Å². The summed E-state index contributed by atoms with van der Waals surface area (Å²) in [5.74, 6) is 0. The van der Waals surface area contributed by atoms with E-state index < -0.39 is 0 Å². The molecule has 0 N–H and O–H groups in total. The van der Waals surface area contributed by atoms with Crippen LogP contribution in [-0.4, -0.2) is 11.3 Å². The van der Waals surface area contributed by atoms with E-state index in [-0.39, 0.29) is 0 Å². The Hall–Kier alpha value is -1.22. The maximum atomic E-state index is 10.3. The lowest BCUT2D eigenvalue weighted by Crippen LogP contribution is -1.79. The first-order valence-corrected chi connectivity index (χ1v) is 4.06. The average Bonchev–Trinajstić information content (AvgIpc) is 2.50.